The number of aryl methyl sites for hydroxylation is 2. The smallest absolute Gasteiger partial charge is 0.253 e. The number of benzene rings is 2. The van der Waals surface area contributed by atoms with E-state index in [2.05, 4.69) is 0 Å². The second-order valence-electron chi connectivity index (χ2n) is 11.7. The number of aliphatic hydroxyl groups is 1. The number of rotatable bonds is 8. The van der Waals surface area contributed by atoms with E-state index in [1.54, 1.807) is 14.7 Å². The van der Waals surface area contributed by atoms with Gasteiger partial charge in [-0.3, -0.25) is 14.4 Å². The molecule has 2 aromatic rings. The van der Waals surface area contributed by atoms with Crippen molar-refractivity contribution in [3.63, 3.8) is 0 Å². The van der Waals surface area contributed by atoms with E-state index in [0.717, 1.165) is 16.8 Å². The molecule has 9 heteroatoms. The predicted molar refractivity (Wildman–Crippen MR) is 163 cm³/mol. The lowest BCUT2D eigenvalue weighted by atomic mass is 9.77. The van der Waals surface area contributed by atoms with E-state index in [1.165, 1.54) is 0 Å². The van der Waals surface area contributed by atoms with Crippen molar-refractivity contribution in [1.29, 1.82) is 0 Å². The third-order valence-electron chi connectivity index (χ3n) is 9.08. The van der Waals surface area contributed by atoms with Crippen LogP contribution in [0.15, 0.2) is 66.8 Å². The molecule has 5 atom stereocenters. The first-order chi connectivity index (χ1) is 20.8. The summed E-state index contributed by atoms with van der Waals surface area (Å²) in [7, 11) is 0. The van der Waals surface area contributed by atoms with Crippen LogP contribution >= 0.6 is 0 Å². The Morgan fingerprint density at radius 2 is 1.72 bits per heavy atom. The maximum Gasteiger partial charge on any atom is 0.253 e. The summed E-state index contributed by atoms with van der Waals surface area (Å²) in [4.78, 5) is 48.4. The van der Waals surface area contributed by atoms with Gasteiger partial charge in [-0.25, -0.2) is 0 Å². The molecule has 226 valence electrons. The van der Waals surface area contributed by atoms with Crippen molar-refractivity contribution in [2.75, 3.05) is 42.6 Å². The quantitative estimate of drug-likeness (QED) is 0.376. The minimum atomic E-state index is -1.29. The van der Waals surface area contributed by atoms with Gasteiger partial charge in [-0.15, -0.1) is 0 Å². The number of carbonyl (C=O) groups excluding carboxylic acids is 3. The van der Waals surface area contributed by atoms with E-state index >= 15 is 0 Å². The molecule has 1 spiro atoms. The summed E-state index contributed by atoms with van der Waals surface area (Å²) in [5, 5.41) is 9.47. The number of ether oxygens (including phenoxy) is 2. The molecule has 0 radical (unpaired) electrons. The number of hydrogen-bond acceptors (Lipinski definition) is 6. The Kier molecular flexibility index (Phi) is 7.87. The minimum absolute atomic E-state index is 0.00868. The molecule has 4 aliphatic heterocycles. The lowest BCUT2D eigenvalue weighted by Gasteiger charge is -2.35. The molecule has 6 rings (SSSR count). The number of fused-ring (bicyclic) bond motifs is 2. The molecule has 9 nitrogen and oxygen atoms in total. The fourth-order valence-corrected chi connectivity index (χ4v) is 7.12. The third-order valence-corrected chi connectivity index (χ3v) is 9.08. The Morgan fingerprint density at radius 1 is 0.953 bits per heavy atom. The molecule has 1 N–H and O–H groups in total. The molecule has 43 heavy (non-hydrogen) atoms. The van der Waals surface area contributed by atoms with Gasteiger partial charge in [-0.05, 0) is 75.1 Å². The summed E-state index contributed by atoms with van der Waals surface area (Å²) < 4.78 is 12.3. The van der Waals surface area contributed by atoms with Crippen LogP contribution in [0.1, 0.15) is 30.9 Å². The number of hydrogen-bond donors (Lipinski definition) is 1. The molecule has 0 bridgehead atoms. The molecule has 2 aromatic carbocycles. The lowest BCUT2D eigenvalue weighted by molar-refractivity contribution is -0.140. The monoisotopic (exact) mass is 585 g/mol. The molecule has 1 unspecified atom stereocenters. The first kappa shape index (κ1) is 29.1. The Morgan fingerprint density at radius 3 is 2.47 bits per heavy atom. The summed E-state index contributed by atoms with van der Waals surface area (Å²) >= 11 is 0. The molecule has 2 saturated heterocycles. The highest BCUT2D eigenvalue weighted by Gasteiger charge is 2.71. The van der Waals surface area contributed by atoms with Gasteiger partial charge >= 0.3 is 0 Å². The zero-order chi connectivity index (χ0) is 30.3. The number of amides is 3. The van der Waals surface area contributed by atoms with Crippen LogP contribution in [0.3, 0.4) is 0 Å². The van der Waals surface area contributed by atoms with Gasteiger partial charge in [0.1, 0.15) is 17.4 Å². The van der Waals surface area contributed by atoms with Crippen LogP contribution < -0.4 is 14.5 Å². The van der Waals surface area contributed by atoms with Crippen molar-refractivity contribution in [1.82, 2.24) is 4.90 Å². The third kappa shape index (κ3) is 4.84. The van der Waals surface area contributed by atoms with Gasteiger partial charge in [0, 0.05) is 37.6 Å². The van der Waals surface area contributed by atoms with Crippen molar-refractivity contribution in [2.45, 2.75) is 51.4 Å². The van der Waals surface area contributed by atoms with Crippen LogP contribution in [0.4, 0.5) is 11.4 Å². The number of carbonyl (C=O) groups is 3. The number of likely N-dealkylation sites (tertiary alicyclic amines) is 1. The molecule has 3 amide bonds. The highest BCUT2D eigenvalue weighted by molar-refractivity contribution is 6.07. The lowest BCUT2D eigenvalue weighted by Crippen LogP contribution is -2.55. The van der Waals surface area contributed by atoms with Gasteiger partial charge in [0.15, 0.2) is 0 Å². The van der Waals surface area contributed by atoms with Crippen LogP contribution in [0, 0.1) is 25.7 Å². The minimum Gasteiger partial charge on any atom is -0.494 e. The first-order valence-electron chi connectivity index (χ1n) is 15.2. The van der Waals surface area contributed by atoms with Crippen LogP contribution in [-0.2, 0) is 19.1 Å². The van der Waals surface area contributed by atoms with E-state index in [9.17, 15) is 19.5 Å². The summed E-state index contributed by atoms with van der Waals surface area (Å²) in [5.74, 6) is -1.64. The van der Waals surface area contributed by atoms with Gasteiger partial charge < -0.3 is 29.3 Å². The van der Waals surface area contributed by atoms with Crippen molar-refractivity contribution in [2.24, 2.45) is 11.8 Å². The Labute approximate surface area is 252 Å². The van der Waals surface area contributed by atoms with Crippen LogP contribution in [0.25, 0.3) is 0 Å². The van der Waals surface area contributed by atoms with Crippen molar-refractivity contribution < 1.29 is 29.0 Å². The number of anilines is 2. The second-order valence-corrected chi connectivity index (χ2v) is 11.7. The molecular formula is C34H39N3O6. The van der Waals surface area contributed by atoms with Gasteiger partial charge in [0.25, 0.3) is 5.91 Å². The average Bonchev–Trinajstić information content (AvgIpc) is 3.30. The molecule has 4 heterocycles. The SMILES string of the molecule is CCOc1ccc(N2CC=C[C@@H]3O[C@]45C=CCN(c6cc(C)ccc6C)C(=O)C4N(CCCCO)C(=O)[C@@H]5[C@@H]3C2=O)cc1. The Bertz CT molecular complexity index is 1470. The van der Waals surface area contributed by atoms with Gasteiger partial charge in [0.2, 0.25) is 11.8 Å². The first-order valence-corrected chi connectivity index (χ1v) is 15.2. The van der Waals surface area contributed by atoms with Gasteiger partial charge in [0.05, 0.1) is 24.5 Å². The van der Waals surface area contributed by atoms with Crippen LogP contribution in [0.5, 0.6) is 5.75 Å². The zero-order valence-electron chi connectivity index (χ0n) is 24.9. The van der Waals surface area contributed by atoms with E-state index in [0.29, 0.717) is 44.0 Å². The summed E-state index contributed by atoms with van der Waals surface area (Å²) in [6.07, 6.45) is 7.92. The van der Waals surface area contributed by atoms with E-state index in [4.69, 9.17) is 9.47 Å². The van der Waals surface area contributed by atoms with Crippen LogP contribution in [0.2, 0.25) is 0 Å². The van der Waals surface area contributed by atoms with E-state index < -0.39 is 29.6 Å². The van der Waals surface area contributed by atoms with Crippen molar-refractivity contribution in [3.05, 3.63) is 77.9 Å². The maximum atomic E-state index is 14.6. The predicted octanol–water partition coefficient (Wildman–Crippen LogP) is 3.56. The number of unbranched alkanes of at least 4 members (excludes halogenated alkanes) is 1. The second kappa shape index (κ2) is 11.6. The van der Waals surface area contributed by atoms with E-state index in [-0.39, 0.29) is 30.9 Å². The molecular weight excluding hydrogens is 546 g/mol. The zero-order valence-corrected chi connectivity index (χ0v) is 24.9. The van der Waals surface area contributed by atoms with Gasteiger partial charge in [-0.2, -0.15) is 0 Å². The standard InChI is InChI=1S/C34H39N3O6/c1-4-42-25-14-12-24(13-15-25)35-18-7-9-27-28(31(35)39)29-32(40)37(17-5-6-20-38)30-33(41)36(19-8-16-34(29,30)43-27)26-21-22(2)10-11-23(26)3/h7-16,21,27-30,38H,4-6,17-20H2,1-3H3/t27-,28+,29-,30?,34-/m0/s1. The summed E-state index contributed by atoms with van der Waals surface area (Å²) in [6, 6.07) is 12.4. The van der Waals surface area contributed by atoms with Crippen molar-refractivity contribution >= 4 is 29.1 Å². The Balaban J connectivity index is 1.40. The Hall–Kier alpha value is -3.95. The highest BCUT2D eigenvalue weighted by Crippen LogP contribution is 2.54. The molecule has 4 aliphatic rings. The number of aliphatic hydroxyl groups excluding tert-OH is 1. The molecule has 0 saturated carbocycles. The summed E-state index contributed by atoms with van der Waals surface area (Å²) in [5.41, 5.74) is 2.19. The normalized spacial score (nSPS) is 28.1. The van der Waals surface area contributed by atoms with Crippen molar-refractivity contribution in [3.8, 4) is 5.75 Å². The number of nitrogens with zero attached hydrogens (tertiary/aromatic N) is 3. The van der Waals surface area contributed by atoms with E-state index in [1.807, 2.05) is 87.5 Å². The molecule has 0 aliphatic carbocycles. The molecule has 2 fully saturated rings. The van der Waals surface area contributed by atoms with Gasteiger partial charge in [-0.1, -0.05) is 36.4 Å². The largest absolute Gasteiger partial charge is 0.494 e. The summed E-state index contributed by atoms with van der Waals surface area (Å²) in [6.45, 7) is 7.36. The fourth-order valence-electron chi connectivity index (χ4n) is 7.12. The topological polar surface area (TPSA) is 99.6 Å². The molecule has 0 aromatic heterocycles. The maximum absolute atomic E-state index is 14.6. The average molecular weight is 586 g/mol. The fraction of sp³-hybridized carbons (Fsp3) is 0.441. The van der Waals surface area contributed by atoms with Crippen LogP contribution in [-0.4, -0.2) is 78.3 Å². The highest BCUT2D eigenvalue weighted by atomic mass is 16.5.